The van der Waals surface area contributed by atoms with Crippen molar-refractivity contribution in [2.45, 2.75) is 25.1 Å². The van der Waals surface area contributed by atoms with Gasteiger partial charge in [0.15, 0.2) is 5.78 Å². The molecule has 3 N–H and O–H groups in total. The topological polar surface area (TPSA) is 89.3 Å². The molecule has 0 aliphatic carbocycles. The summed E-state index contributed by atoms with van der Waals surface area (Å²) in [5.74, 6) is -1.56. The van der Waals surface area contributed by atoms with Crippen molar-refractivity contribution >= 4 is 29.2 Å². The molecule has 1 amide bonds. The van der Waals surface area contributed by atoms with Crippen LogP contribution in [0.2, 0.25) is 0 Å². The smallest absolute Gasteiger partial charge is 0.261 e. The Labute approximate surface area is 91.5 Å². The van der Waals surface area contributed by atoms with Gasteiger partial charge in [-0.25, -0.2) is 0 Å². The third-order valence-corrected chi connectivity index (χ3v) is 3.29. The fourth-order valence-corrected chi connectivity index (χ4v) is 2.21. The van der Waals surface area contributed by atoms with Crippen LogP contribution in [0.5, 0.6) is 0 Å². The van der Waals surface area contributed by atoms with Crippen LogP contribution in [0, 0.1) is 0 Å². The molecule has 0 saturated carbocycles. The third kappa shape index (κ3) is 2.20. The summed E-state index contributed by atoms with van der Waals surface area (Å²) < 4.78 is 0. The van der Waals surface area contributed by atoms with Gasteiger partial charge in [-0.05, 0) is 19.3 Å². The van der Waals surface area contributed by atoms with Gasteiger partial charge in [0, 0.05) is 5.70 Å². The molecule has 1 heterocycles. The molecule has 0 fully saturated rings. The van der Waals surface area contributed by atoms with Crippen molar-refractivity contribution in [1.29, 1.82) is 0 Å². The molecule has 6 heteroatoms. The maximum absolute atomic E-state index is 11.7. The standard InChI is InChI=1S/C9H12N2O3S/c1-5-4-15-9(11-5,8(10)14)7(13)3-6(2)12/h4,11H,3H2,1-2H3,(H2,10,14). The van der Waals surface area contributed by atoms with Gasteiger partial charge in [-0.2, -0.15) is 0 Å². The molecule has 1 unspecified atom stereocenters. The molecular formula is C9H12N2O3S. The monoisotopic (exact) mass is 228 g/mol. The van der Waals surface area contributed by atoms with Crippen molar-refractivity contribution < 1.29 is 14.4 Å². The van der Waals surface area contributed by atoms with Gasteiger partial charge in [0.05, 0.1) is 6.42 Å². The summed E-state index contributed by atoms with van der Waals surface area (Å²) in [4.78, 5) is 32.3. The number of hydrogen-bond acceptors (Lipinski definition) is 5. The third-order valence-electron chi connectivity index (χ3n) is 1.93. The van der Waals surface area contributed by atoms with Gasteiger partial charge < -0.3 is 11.1 Å². The zero-order chi connectivity index (χ0) is 11.6. The van der Waals surface area contributed by atoms with Crippen LogP contribution in [0.4, 0.5) is 0 Å². The van der Waals surface area contributed by atoms with Crippen molar-refractivity contribution in [2.24, 2.45) is 5.73 Å². The molecule has 1 aliphatic heterocycles. The van der Waals surface area contributed by atoms with E-state index in [1.54, 1.807) is 12.3 Å². The fourth-order valence-electron chi connectivity index (χ4n) is 1.26. The number of hydrogen-bond donors (Lipinski definition) is 2. The molecule has 1 rings (SSSR count). The zero-order valence-electron chi connectivity index (χ0n) is 8.49. The first-order valence-electron chi connectivity index (χ1n) is 4.34. The predicted octanol–water partition coefficient (Wildman–Crippen LogP) is -0.0861. The van der Waals surface area contributed by atoms with Gasteiger partial charge in [-0.15, -0.1) is 0 Å². The number of Topliss-reactive ketones (excluding diaryl/α,β-unsaturated/α-hetero) is 2. The normalized spacial score (nSPS) is 24.3. The van der Waals surface area contributed by atoms with E-state index in [-0.39, 0.29) is 12.2 Å². The van der Waals surface area contributed by atoms with Crippen LogP contribution in [0.15, 0.2) is 11.1 Å². The molecule has 1 aliphatic rings. The first-order valence-corrected chi connectivity index (χ1v) is 5.22. The lowest BCUT2D eigenvalue weighted by Crippen LogP contribution is -2.56. The van der Waals surface area contributed by atoms with Gasteiger partial charge >= 0.3 is 0 Å². The number of allylic oxidation sites excluding steroid dienone is 1. The highest BCUT2D eigenvalue weighted by molar-refractivity contribution is 8.05. The van der Waals surface area contributed by atoms with E-state index in [0.29, 0.717) is 5.70 Å². The SMILES string of the molecule is CC(=O)CC(=O)C1(C(N)=O)NC(C)=CS1. The van der Waals surface area contributed by atoms with E-state index < -0.39 is 16.6 Å². The number of ketones is 2. The van der Waals surface area contributed by atoms with Crippen molar-refractivity contribution in [3.63, 3.8) is 0 Å². The van der Waals surface area contributed by atoms with Crippen molar-refractivity contribution in [1.82, 2.24) is 5.32 Å². The van der Waals surface area contributed by atoms with Gasteiger partial charge in [-0.1, -0.05) is 11.8 Å². The van der Waals surface area contributed by atoms with Crippen LogP contribution >= 0.6 is 11.8 Å². The van der Waals surface area contributed by atoms with Crippen LogP contribution in [0.3, 0.4) is 0 Å². The number of amides is 1. The second kappa shape index (κ2) is 4.06. The first-order chi connectivity index (χ1) is 6.88. The summed E-state index contributed by atoms with van der Waals surface area (Å²) in [7, 11) is 0. The first kappa shape index (κ1) is 11.8. The van der Waals surface area contributed by atoms with Gasteiger partial charge in [0.25, 0.3) is 5.91 Å². The Bertz CT molecular complexity index is 364. The van der Waals surface area contributed by atoms with Crippen molar-refractivity contribution in [3.8, 4) is 0 Å². The summed E-state index contributed by atoms with van der Waals surface area (Å²) in [6.07, 6.45) is -0.288. The summed E-state index contributed by atoms with van der Waals surface area (Å²) in [5, 5.41) is 4.36. The Morgan fingerprint density at radius 3 is 2.47 bits per heavy atom. The number of nitrogens with one attached hydrogen (secondary N) is 1. The maximum atomic E-state index is 11.7. The highest BCUT2D eigenvalue weighted by Gasteiger charge is 2.47. The minimum Gasteiger partial charge on any atom is -0.366 e. The lowest BCUT2D eigenvalue weighted by atomic mass is 10.1. The Morgan fingerprint density at radius 1 is 1.53 bits per heavy atom. The van der Waals surface area contributed by atoms with E-state index in [2.05, 4.69) is 5.32 Å². The summed E-state index contributed by atoms with van der Waals surface area (Å²) in [5.41, 5.74) is 5.87. The van der Waals surface area contributed by atoms with Crippen LogP contribution < -0.4 is 11.1 Å². The van der Waals surface area contributed by atoms with E-state index in [4.69, 9.17) is 5.73 Å². The number of carbonyl (C=O) groups excluding carboxylic acids is 3. The largest absolute Gasteiger partial charge is 0.366 e. The molecule has 0 bridgehead atoms. The van der Waals surface area contributed by atoms with Crippen LogP contribution in [-0.4, -0.2) is 22.3 Å². The van der Waals surface area contributed by atoms with Gasteiger partial charge in [0.2, 0.25) is 4.87 Å². The number of nitrogens with two attached hydrogens (primary N) is 1. The van der Waals surface area contributed by atoms with Crippen molar-refractivity contribution in [3.05, 3.63) is 11.1 Å². The number of rotatable bonds is 4. The molecule has 0 aromatic rings. The number of thioether (sulfide) groups is 1. The Morgan fingerprint density at radius 2 is 2.13 bits per heavy atom. The predicted molar refractivity (Wildman–Crippen MR) is 56.7 cm³/mol. The van der Waals surface area contributed by atoms with Crippen LogP contribution in [-0.2, 0) is 14.4 Å². The van der Waals surface area contributed by atoms with E-state index in [1.807, 2.05) is 0 Å². The molecule has 1 atom stereocenters. The Balaban J connectivity index is 2.90. The molecule has 5 nitrogen and oxygen atoms in total. The average Bonchev–Trinajstić information content (AvgIpc) is 2.47. The Hall–Kier alpha value is -1.30. The highest BCUT2D eigenvalue weighted by atomic mass is 32.2. The van der Waals surface area contributed by atoms with Crippen LogP contribution in [0.25, 0.3) is 0 Å². The van der Waals surface area contributed by atoms with E-state index in [0.717, 1.165) is 11.8 Å². The molecule has 0 aromatic carbocycles. The zero-order valence-corrected chi connectivity index (χ0v) is 9.31. The summed E-state index contributed by atoms with van der Waals surface area (Å²) in [6, 6.07) is 0. The van der Waals surface area contributed by atoms with Gasteiger partial charge in [0.1, 0.15) is 5.78 Å². The Kier molecular flexibility index (Phi) is 3.18. The number of carbonyl (C=O) groups is 3. The quantitative estimate of drug-likeness (QED) is 0.657. The van der Waals surface area contributed by atoms with Gasteiger partial charge in [-0.3, -0.25) is 14.4 Å². The molecule has 0 aromatic heterocycles. The van der Waals surface area contributed by atoms with E-state index in [9.17, 15) is 14.4 Å². The minimum absolute atomic E-state index is 0.285. The van der Waals surface area contributed by atoms with Crippen molar-refractivity contribution in [2.75, 3.05) is 0 Å². The fraction of sp³-hybridized carbons (Fsp3) is 0.444. The van der Waals surface area contributed by atoms with E-state index >= 15 is 0 Å². The second-order valence-corrected chi connectivity index (χ2v) is 4.47. The highest BCUT2D eigenvalue weighted by Crippen LogP contribution is 2.33. The molecule has 0 radical (unpaired) electrons. The lowest BCUT2D eigenvalue weighted by Gasteiger charge is -2.23. The number of primary amides is 1. The molecule has 15 heavy (non-hydrogen) atoms. The van der Waals surface area contributed by atoms with Crippen LogP contribution in [0.1, 0.15) is 20.3 Å². The lowest BCUT2D eigenvalue weighted by molar-refractivity contribution is -0.132. The maximum Gasteiger partial charge on any atom is 0.261 e. The molecule has 0 spiro atoms. The molecule has 82 valence electrons. The average molecular weight is 228 g/mol. The summed E-state index contributed by atoms with van der Waals surface area (Å²) >= 11 is 1.01. The molecular weight excluding hydrogens is 216 g/mol. The minimum atomic E-state index is -1.49. The molecule has 0 saturated heterocycles. The second-order valence-electron chi connectivity index (χ2n) is 3.39. The summed E-state index contributed by atoms with van der Waals surface area (Å²) in [6.45, 7) is 3.02. The van der Waals surface area contributed by atoms with E-state index in [1.165, 1.54) is 6.92 Å².